The van der Waals surface area contributed by atoms with Crippen LogP contribution in [0.15, 0.2) is 35.9 Å². The van der Waals surface area contributed by atoms with Gasteiger partial charge in [-0.1, -0.05) is 73.4 Å². The summed E-state index contributed by atoms with van der Waals surface area (Å²) in [6.45, 7) is 6.43. The lowest BCUT2D eigenvalue weighted by Gasteiger charge is -2.42. The van der Waals surface area contributed by atoms with E-state index in [4.69, 9.17) is 49.6 Å². The standard InChI is InChI=1S/C55H77ClN6O18S/c1-32-16-15-19-41(74-10)55(72)30-40(76-51(69)57-55)33(2)49-54(4,79-49)42(29-46(66)61(8)36-27-35(26-32)28-39(73-9)48(36)56)78-50(68)34(3)60(7)43(63)22-25-81-53(71)59(6)24-23-58(5)52(70)77-38-18-14-12-11-13-17-37(38)75-31-47(67)80-62-44(64)20-21-45(62)65/h15-16,19,27-28,33-34,37-38,40-42,49,72H,11-14,17-18,20-26,29-31H2,1-10H3,(H,57,69)/b19-15+,32-16+/t33-,34+,37?,38?,40+,41-,42+,49+,54+,55+/m1/s1. The second-order valence-corrected chi connectivity index (χ2v) is 22.8. The van der Waals surface area contributed by atoms with Gasteiger partial charge in [0.1, 0.15) is 53.4 Å². The summed E-state index contributed by atoms with van der Waals surface area (Å²) in [6, 6.07) is 2.34. The van der Waals surface area contributed by atoms with Gasteiger partial charge in [-0.2, -0.15) is 0 Å². The smallest absolute Gasteiger partial charge is 0.409 e. The Labute approximate surface area is 481 Å². The maximum absolute atomic E-state index is 14.4. The summed E-state index contributed by atoms with van der Waals surface area (Å²) in [4.78, 5) is 128. The highest BCUT2D eigenvalue weighted by molar-refractivity contribution is 8.13. The summed E-state index contributed by atoms with van der Waals surface area (Å²) in [5, 5.41) is 14.6. The number of alkyl carbamates (subject to hydrolysis) is 1. The molecule has 3 saturated heterocycles. The summed E-state index contributed by atoms with van der Waals surface area (Å²) in [7, 11) is 8.88. The van der Waals surface area contributed by atoms with Crippen LogP contribution in [0.3, 0.4) is 0 Å². The average Bonchev–Trinajstić information content (AvgIpc) is 4.03. The van der Waals surface area contributed by atoms with E-state index in [1.807, 2.05) is 13.0 Å². The zero-order chi connectivity index (χ0) is 59.5. The first-order valence-corrected chi connectivity index (χ1v) is 28.5. The SMILES string of the molecule is COc1cc2cc(c1Cl)N(C)C(=O)C[C@H](OC(=O)[C@H](C)N(C)C(=O)CCSC(=O)N(C)CCN(C)C(=O)OC1CCCCCCC1OCC(=O)ON1C(=O)CCC1=O)[C@]1(C)O[C@H]1[C@H](C)[C@@H]1C[C@@](O)(NC(=O)O1)[C@H](OC)/C=C/C=C(\C)C2. The van der Waals surface area contributed by atoms with Crippen molar-refractivity contribution in [3.63, 3.8) is 0 Å². The van der Waals surface area contributed by atoms with Crippen molar-refractivity contribution >= 4 is 82.0 Å². The van der Waals surface area contributed by atoms with E-state index < -0.39 is 121 Å². The fourth-order valence-corrected chi connectivity index (χ4v) is 11.2. The number of epoxide rings is 1. The van der Waals surface area contributed by atoms with E-state index in [1.165, 1.54) is 61.9 Å². The van der Waals surface area contributed by atoms with Crippen LogP contribution in [-0.2, 0) is 68.4 Å². The van der Waals surface area contributed by atoms with Crippen LogP contribution in [0.4, 0.5) is 20.1 Å². The van der Waals surface area contributed by atoms with Crippen LogP contribution in [0.25, 0.3) is 0 Å². The van der Waals surface area contributed by atoms with Crippen molar-refractivity contribution in [3.8, 4) is 5.75 Å². The quantitative estimate of drug-likeness (QED) is 0.0898. The molecule has 0 aromatic heterocycles. The zero-order valence-electron chi connectivity index (χ0n) is 47.7. The first-order valence-electron chi connectivity index (χ1n) is 27.1. The highest BCUT2D eigenvalue weighted by atomic mass is 35.5. The van der Waals surface area contributed by atoms with Crippen molar-refractivity contribution in [3.05, 3.63) is 46.5 Å². The molecule has 5 aliphatic rings. The molecule has 4 heterocycles. The number of nitrogens with one attached hydrogen (secondary N) is 1. The number of fused-ring (bicyclic) bond motifs is 5. The predicted molar refractivity (Wildman–Crippen MR) is 294 cm³/mol. The molecule has 4 aliphatic heterocycles. The number of benzene rings is 1. The van der Waals surface area contributed by atoms with Crippen LogP contribution in [0.5, 0.6) is 5.75 Å². The zero-order valence-corrected chi connectivity index (χ0v) is 49.3. The van der Waals surface area contributed by atoms with E-state index in [0.29, 0.717) is 35.8 Å². The lowest BCUT2D eigenvalue weighted by Crippen LogP contribution is -2.63. The number of hydrogen-bond donors (Lipinski definition) is 2. The van der Waals surface area contributed by atoms with Gasteiger partial charge in [-0.05, 0) is 64.2 Å². The maximum atomic E-state index is 14.4. The monoisotopic (exact) mass is 1180 g/mol. The predicted octanol–water partition coefficient (Wildman–Crippen LogP) is 5.47. The molecular weight excluding hydrogens is 1100 g/mol. The van der Waals surface area contributed by atoms with Crippen molar-refractivity contribution in [1.82, 2.24) is 25.1 Å². The van der Waals surface area contributed by atoms with Crippen LogP contribution in [0.2, 0.25) is 5.02 Å². The number of likely N-dealkylation sites (N-methyl/N-ethyl adjacent to an activating group) is 3. The lowest BCUT2D eigenvalue weighted by atomic mass is 9.83. The van der Waals surface area contributed by atoms with E-state index in [9.17, 15) is 48.3 Å². The number of rotatable bonds is 16. The van der Waals surface area contributed by atoms with Crippen molar-refractivity contribution < 1.29 is 86.3 Å². The van der Waals surface area contributed by atoms with E-state index in [-0.39, 0.29) is 54.8 Å². The number of allylic oxidation sites excluding steroid dienone is 3. The minimum atomic E-state index is -1.90. The van der Waals surface area contributed by atoms with E-state index in [0.717, 1.165) is 48.6 Å². The van der Waals surface area contributed by atoms with Gasteiger partial charge in [0.25, 0.3) is 17.1 Å². The molecule has 7 amide bonds. The van der Waals surface area contributed by atoms with Crippen molar-refractivity contribution in [2.24, 2.45) is 5.92 Å². The fourth-order valence-electron chi connectivity index (χ4n) is 10.1. The first kappa shape index (κ1) is 64.2. The molecule has 2 unspecified atom stereocenters. The minimum absolute atomic E-state index is 0.0460. The van der Waals surface area contributed by atoms with Gasteiger partial charge in [0, 0.05) is 85.7 Å². The van der Waals surface area contributed by atoms with Crippen LogP contribution in [-0.4, -0.2) is 200 Å². The molecular formula is C55H77ClN6O18S. The van der Waals surface area contributed by atoms with Crippen LogP contribution < -0.4 is 15.0 Å². The fraction of sp³-hybridized carbons (Fsp3) is 0.655. The number of amides is 7. The Kier molecular flexibility index (Phi) is 22.4. The van der Waals surface area contributed by atoms with Gasteiger partial charge in [0.2, 0.25) is 11.8 Å². The normalized spacial score (nSPS) is 28.5. The summed E-state index contributed by atoms with van der Waals surface area (Å²) in [5.74, 6) is -4.25. The molecule has 1 aromatic rings. The highest BCUT2D eigenvalue weighted by Gasteiger charge is 2.64. The molecule has 10 atom stereocenters. The summed E-state index contributed by atoms with van der Waals surface area (Å²) < 4.78 is 41.1. The number of imide groups is 1. The highest BCUT2D eigenvalue weighted by Crippen LogP contribution is 2.49. The lowest BCUT2D eigenvalue weighted by molar-refractivity contribution is -0.202. The summed E-state index contributed by atoms with van der Waals surface area (Å²) in [6.07, 6.45) is 2.29. The summed E-state index contributed by atoms with van der Waals surface area (Å²) in [5.41, 5.74) is -1.25. The Morgan fingerprint density at radius 3 is 2.28 bits per heavy atom. The van der Waals surface area contributed by atoms with E-state index >= 15 is 0 Å². The van der Waals surface area contributed by atoms with Crippen LogP contribution in [0.1, 0.15) is 104 Å². The number of aliphatic hydroxyl groups is 1. The Morgan fingerprint density at radius 2 is 1.62 bits per heavy atom. The van der Waals surface area contributed by atoms with Gasteiger partial charge in [-0.15, -0.1) is 5.06 Å². The Bertz CT molecular complexity index is 2570. The van der Waals surface area contributed by atoms with Gasteiger partial charge in [0.05, 0.1) is 31.4 Å². The molecule has 26 heteroatoms. The molecule has 1 aliphatic carbocycles. The number of thioether (sulfide) groups is 1. The molecule has 6 rings (SSSR count). The van der Waals surface area contributed by atoms with Gasteiger partial charge >= 0.3 is 24.1 Å². The van der Waals surface area contributed by atoms with Crippen molar-refractivity contribution in [2.75, 3.05) is 72.8 Å². The number of nitrogens with zero attached hydrogens (tertiary/aromatic N) is 5. The number of anilines is 1. The number of carbonyl (C=O) groups is 9. The number of halogens is 1. The third-order valence-corrected chi connectivity index (χ3v) is 16.8. The Balaban J connectivity index is 1.05. The van der Waals surface area contributed by atoms with Gasteiger partial charge in [-0.25, -0.2) is 19.2 Å². The maximum Gasteiger partial charge on any atom is 0.409 e. The number of ether oxygens (including phenoxy) is 7. The van der Waals surface area contributed by atoms with Gasteiger partial charge < -0.3 is 62.7 Å². The number of methoxy groups -OCH3 is 2. The molecule has 0 radical (unpaired) electrons. The second-order valence-electron chi connectivity index (χ2n) is 21.4. The third-order valence-electron chi connectivity index (χ3n) is 15.5. The Morgan fingerprint density at radius 1 is 0.951 bits per heavy atom. The van der Waals surface area contributed by atoms with Gasteiger partial charge in [-0.3, -0.25) is 29.3 Å². The molecule has 24 nitrogen and oxygen atoms in total. The van der Waals surface area contributed by atoms with Crippen LogP contribution in [0, 0.1) is 5.92 Å². The molecule has 1 saturated carbocycles. The minimum Gasteiger partial charge on any atom is -0.495 e. The van der Waals surface area contributed by atoms with E-state index in [1.54, 1.807) is 45.2 Å². The molecule has 2 N–H and O–H groups in total. The molecule has 0 spiro atoms. The van der Waals surface area contributed by atoms with Crippen molar-refractivity contribution in [1.29, 1.82) is 0 Å². The number of carbonyl (C=O) groups excluding carboxylic acids is 9. The number of hydroxylamine groups is 2. The molecule has 81 heavy (non-hydrogen) atoms. The summed E-state index contributed by atoms with van der Waals surface area (Å²) >= 11 is 7.70. The van der Waals surface area contributed by atoms with Crippen LogP contribution >= 0.6 is 23.4 Å². The largest absolute Gasteiger partial charge is 0.495 e. The van der Waals surface area contributed by atoms with Crippen molar-refractivity contribution in [2.45, 2.75) is 159 Å². The molecule has 4 bridgehead atoms. The Hall–Kier alpha value is -5.99. The third kappa shape index (κ3) is 16.4. The average molecular weight is 1180 g/mol. The molecule has 448 valence electrons. The second kappa shape index (κ2) is 28.3. The first-order chi connectivity index (χ1) is 38.3. The topological polar surface area (TPSA) is 279 Å². The number of esters is 1. The molecule has 1 aromatic carbocycles. The van der Waals surface area contributed by atoms with E-state index in [2.05, 4.69) is 5.32 Å². The number of hydrogen-bond acceptors (Lipinski definition) is 19. The van der Waals surface area contributed by atoms with Gasteiger partial charge in [0.15, 0.2) is 5.72 Å². The molecule has 4 fully saturated rings.